The summed E-state index contributed by atoms with van der Waals surface area (Å²) in [6.07, 6.45) is 0.962. The van der Waals surface area contributed by atoms with E-state index in [4.69, 9.17) is 11.6 Å². The van der Waals surface area contributed by atoms with Crippen molar-refractivity contribution in [1.82, 2.24) is 0 Å². The van der Waals surface area contributed by atoms with Gasteiger partial charge in [-0.1, -0.05) is 55.8 Å². The van der Waals surface area contributed by atoms with E-state index in [1.165, 1.54) is 17.7 Å². The molecular formula is C17H18BrClFN. The first kappa shape index (κ1) is 16.3. The number of benzene rings is 2. The van der Waals surface area contributed by atoms with Crippen LogP contribution in [0, 0.1) is 11.7 Å². The Morgan fingerprint density at radius 3 is 2.43 bits per heavy atom. The zero-order chi connectivity index (χ0) is 15.4. The minimum absolute atomic E-state index is 0.130. The Balaban J connectivity index is 2.32. The molecule has 112 valence electrons. The lowest BCUT2D eigenvalue weighted by atomic mass is 9.97. The molecule has 1 atom stereocenters. The topological polar surface area (TPSA) is 12.0 Å². The summed E-state index contributed by atoms with van der Waals surface area (Å²) >= 11 is 9.55. The van der Waals surface area contributed by atoms with Crippen molar-refractivity contribution in [1.29, 1.82) is 0 Å². The Bertz CT molecular complexity index is 578. The minimum atomic E-state index is -0.349. The fraction of sp³-hybridized carbons (Fsp3) is 0.294. The summed E-state index contributed by atoms with van der Waals surface area (Å²) < 4.78 is 14.0. The summed E-state index contributed by atoms with van der Waals surface area (Å²) in [5, 5.41) is 3.83. The third-order valence-electron chi connectivity index (χ3n) is 3.23. The fourth-order valence-electron chi connectivity index (χ4n) is 2.29. The lowest BCUT2D eigenvalue weighted by molar-refractivity contribution is 0.530. The highest BCUT2D eigenvalue weighted by atomic mass is 79.9. The van der Waals surface area contributed by atoms with Gasteiger partial charge in [-0.3, -0.25) is 0 Å². The van der Waals surface area contributed by atoms with Gasteiger partial charge in [-0.2, -0.15) is 0 Å². The predicted octanol–water partition coefficient (Wildman–Crippen LogP) is 6.44. The van der Waals surface area contributed by atoms with E-state index in [2.05, 4.69) is 47.2 Å². The molecule has 0 bridgehead atoms. The van der Waals surface area contributed by atoms with E-state index in [0.717, 1.165) is 12.1 Å². The molecule has 0 spiro atoms. The van der Waals surface area contributed by atoms with Crippen molar-refractivity contribution in [2.45, 2.75) is 26.3 Å². The van der Waals surface area contributed by atoms with Crippen molar-refractivity contribution in [2.24, 2.45) is 5.92 Å². The second-order valence-corrected chi connectivity index (χ2v) is 6.74. The Morgan fingerprint density at radius 2 is 1.86 bits per heavy atom. The number of hydrogen-bond acceptors (Lipinski definition) is 1. The van der Waals surface area contributed by atoms with E-state index in [1.54, 1.807) is 0 Å². The smallest absolute Gasteiger partial charge is 0.125 e. The Hall–Kier alpha value is -1.06. The number of anilines is 1. The third-order valence-corrected chi connectivity index (χ3v) is 4.16. The van der Waals surface area contributed by atoms with Gasteiger partial charge in [0.1, 0.15) is 5.82 Å². The fourth-order valence-corrected chi connectivity index (χ4v) is 3.21. The summed E-state index contributed by atoms with van der Waals surface area (Å²) in [5.74, 6) is 0.179. The van der Waals surface area contributed by atoms with E-state index in [0.29, 0.717) is 15.4 Å². The maximum Gasteiger partial charge on any atom is 0.125 e. The van der Waals surface area contributed by atoms with Gasteiger partial charge in [-0.15, -0.1) is 0 Å². The van der Waals surface area contributed by atoms with Gasteiger partial charge in [0.05, 0.1) is 16.8 Å². The van der Waals surface area contributed by atoms with Gasteiger partial charge in [0.2, 0.25) is 0 Å². The monoisotopic (exact) mass is 369 g/mol. The minimum Gasteiger partial charge on any atom is -0.376 e. The summed E-state index contributed by atoms with van der Waals surface area (Å²) in [4.78, 5) is 0. The molecule has 1 N–H and O–H groups in total. The second-order valence-electron chi connectivity index (χ2n) is 5.48. The van der Waals surface area contributed by atoms with Crippen molar-refractivity contribution in [2.75, 3.05) is 5.32 Å². The van der Waals surface area contributed by atoms with Gasteiger partial charge in [-0.25, -0.2) is 4.39 Å². The van der Waals surface area contributed by atoms with Crippen molar-refractivity contribution in [3.63, 3.8) is 0 Å². The van der Waals surface area contributed by atoms with Crippen LogP contribution < -0.4 is 5.32 Å². The zero-order valence-electron chi connectivity index (χ0n) is 12.0. The molecule has 4 heteroatoms. The van der Waals surface area contributed by atoms with E-state index in [1.807, 2.05) is 18.2 Å². The molecule has 0 amide bonds. The van der Waals surface area contributed by atoms with Crippen LogP contribution in [-0.2, 0) is 0 Å². The standard InChI is InChI=1S/C17H18BrClFN/c1-11(2)8-16(12-6-4-3-5-7-12)21-17-14(18)9-13(20)10-15(17)19/h3-7,9-11,16,21H,8H2,1-2H3. The number of nitrogens with one attached hydrogen (secondary N) is 1. The van der Waals surface area contributed by atoms with Crippen molar-refractivity contribution >= 4 is 33.2 Å². The van der Waals surface area contributed by atoms with E-state index >= 15 is 0 Å². The molecule has 2 rings (SSSR count). The van der Waals surface area contributed by atoms with E-state index < -0.39 is 0 Å². The SMILES string of the molecule is CC(C)CC(Nc1c(Cl)cc(F)cc1Br)c1ccccc1. The Morgan fingerprint density at radius 1 is 1.19 bits per heavy atom. The Labute approximate surface area is 138 Å². The first-order valence-corrected chi connectivity index (χ1v) is 8.10. The molecule has 21 heavy (non-hydrogen) atoms. The lowest BCUT2D eigenvalue weighted by Crippen LogP contribution is -2.14. The highest BCUT2D eigenvalue weighted by Crippen LogP contribution is 2.36. The predicted molar refractivity (Wildman–Crippen MR) is 91.4 cm³/mol. The first-order chi connectivity index (χ1) is 9.97. The van der Waals surface area contributed by atoms with Crippen LogP contribution in [0.15, 0.2) is 46.9 Å². The number of rotatable bonds is 5. The molecule has 0 aliphatic heterocycles. The number of halogens is 3. The third kappa shape index (κ3) is 4.45. The summed E-state index contributed by atoms with van der Waals surface area (Å²) in [6, 6.07) is 13.1. The molecule has 1 nitrogen and oxygen atoms in total. The van der Waals surface area contributed by atoms with Crippen LogP contribution in [0.4, 0.5) is 10.1 Å². The summed E-state index contributed by atoms with van der Waals surface area (Å²) in [6.45, 7) is 4.36. The number of hydrogen-bond donors (Lipinski definition) is 1. The normalized spacial score (nSPS) is 12.5. The van der Waals surface area contributed by atoms with Crippen LogP contribution in [0.5, 0.6) is 0 Å². The maximum absolute atomic E-state index is 13.3. The molecule has 0 fully saturated rings. The van der Waals surface area contributed by atoms with Crippen LogP contribution in [0.1, 0.15) is 31.9 Å². The molecule has 0 aliphatic rings. The Kier molecular flexibility index (Phi) is 5.65. The molecule has 2 aromatic rings. The highest BCUT2D eigenvalue weighted by molar-refractivity contribution is 9.10. The van der Waals surface area contributed by atoms with Crippen LogP contribution in [0.3, 0.4) is 0 Å². The molecule has 2 aromatic carbocycles. The molecule has 1 unspecified atom stereocenters. The van der Waals surface area contributed by atoms with Crippen molar-refractivity contribution in [3.8, 4) is 0 Å². The largest absolute Gasteiger partial charge is 0.376 e. The molecule has 0 saturated heterocycles. The average molecular weight is 371 g/mol. The van der Waals surface area contributed by atoms with E-state index in [-0.39, 0.29) is 11.9 Å². The molecule has 0 aromatic heterocycles. The van der Waals surface area contributed by atoms with Crippen molar-refractivity contribution < 1.29 is 4.39 Å². The quantitative estimate of drug-likeness (QED) is 0.638. The van der Waals surface area contributed by atoms with Gasteiger partial charge < -0.3 is 5.32 Å². The second kappa shape index (κ2) is 7.28. The van der Waals surface area contributed by atoms with Crippen molar-refractivity contribution in [3.05, 3.63) is 63.3 Å². The van der Waals surface area contributed by atoms with Gasteiger partial charge in [0.15, 0.2) is 0 Å². The van der Waals surface area contributed by atoms with Crippen LogP contribution >= 0.6 is 27.5 Å². The van der Waals surface area contributed by atoms with Gasteiger partial charge in [0.25, 0.3) is 0 Å². The average Bonchev–Trinajstić information content (AvgIpc) is 2.42. The maximum atomic E-state index is 13.3. The lowest BCUT2D eigenvalue weighted by Gasteiger charge is -2.23. The van der Waals surface area contributed by atoms with Crippen LogP contribution in [0.25, 0.3) is 0 Å². The van der Waals surface area contributed by atoms with Gasteiger partial charge >= 0.3 is 0 Å². The van der Waals surface area contributed by atoms with Gasteiger partial charge in [0, 0.05) is 4.47 Å². The van der Waals surface area contributed by atoms with E-state index in [9.17, 15) is 4.39 Å². The summed E-state index contributed by atoms with van der Waals surface area (Å²) in [5.41, 5.74) is 1.92. The molecular weight excluding hydrogens is 353 g/mol. The molecule has 0 aliphatic carbocycles. The van der Waals surface area contributed by atoms with Crippen LogP contribution in [-0.4, -0.2) is 0 Å². The summed E-state index contributed by atoms with van der Waals surface area (Å²) in [7, 11) is 0. The van der Waals surface area contributed by atoms with Crippen LogP contribution in [0.2, 0.25) is 5.02 Å². The molecule has 0 radical (unpaired) electrons. The first-order valence-electron chi connectivity index (χ1n) is 6.93. The zero-order valence-corrected chi connectivity index (χ0v) is 14.4. The van der Waals surface area contributed by atoms with Gasteiger partial charge in [-0.05, 0) is 46.0 Å². The molecule has 0 saturated carbocycles. The highest BCUT2D eigenvalue weighted by Gasteiger charge is 2.17. The molecule has 0 heterocycles.